The monoisotopic (exact) mass is 339 g/mol. The van der Waals surface area contributed by atoms with Gasteiger partial charge in [0.25, 0.3) is 5.91 Å². The molecular formula is C18H21N5O2. The van der Waals surface area contributed by atoms with Gasteiger partial charge in [-0.05, 0) is 37.6 Å². The van der Waals surface area contributed by atoms with Gasteiger partial charge in [-0.15, -0.1) is 5.10 Å². The number of amides is 1. The molecule has 1 N–H and O–H groups in total. The molecule has 2 aliphatic rings. The number of carbonyl (C=O) groups is 1. The van der Waals surface area contributed by atoms with Crippen molar-refractivity contribution in [1.29, 1.82) is 0 Å². The van der Waals surface area contributed by atoms with Crippen LogP contribution in [0.25, 0.3) is 0 Å². The minimum atomic E-state index is -0.256. The number of hydrogen-bond donors (Lipinski definition) is 1. The van der Waals surface area contributed by atoms with Crippen molar-refractivity contribution in [2.45, 2.75) is 31.4 Å². The molecule has 4 heterocycles. The van der Waals surface area contributed by atoms with E-state index >= 15 is 0 Å². The number of likely N-dealkylation sites (tertiary alicyclic amines) is 1. The topological polar surface area (TPSA) is 80.2 Å². The molecule has 0 aromatic carbocycles. The molecule has 0 bridgehead atoms. The fraction of sp³-hybridized carbons (Fsp3) is 0.444. The van der Waals surface area contributed by atoms with Crippen LogP contribution in [0.1, 0.15) is 28.9 Å². The third-order valence-electron chi connectivity index (χ3n) is 4.87. The first-order valence-electron chi connectivity index (χ1n) is 8.54. The van der Waals surface area contributed by atoms with Crippen LogP contribution in [-0.4, -0.2) is 57.3 Å². The third-order valence-corrected chi connectivity index (χ3v) is 4.87. The van der Waals surface area contributed by atoms with Crippen molar-refractivity contribution in [3.63, 3.8) is 0 Å². The van der Waals surface area contributed by atoms with Gasteiger partial charge in [0, 0.05) is 25.4 Å². The number of nitrogens with zero attached hydrogens (tertiary/aromatic N) is 4. The summed E-state index contributed by atoms with van der Waals surface area (Å²) in [7, 11) is 0. The predicted molar refractivity (Wildman–Crippen MR) is 92.2 cm³/mol. The standard InChI is InChI=1S/C18H21N5O2/c1-13-4-5-16(22-21-13)20-15-9-18(25-11-15)6-8-23(12-18)17(24)14-3-2-7-19-10-14/h2-5,7,10,15H,6,8-9,11-12H2,1H3,(H,20,22). The molecule has 2 atom stereocenters. The molecule has 0 radical (unpaired) electrons. The number of anilines is 1. The number of nitrogens with one attached hydrogen (secondary N) is 1. The van der Waals surface area contributed by atoms with Gasteiger partial charge < -0.3 is 15.0 Å². The Bertz CT molecular complexity index is 752. The summed E-state index contributed by atoms with van der Waals surface area (Å²) in [6, 6.07) is 7.64. The molecule has 0 aliphatic carbocycles. The van der Waals surface area contributed by atoms with Crippen molar-refractivity contribution >= 4 is 11.7 Å². The number of ether oxygens (including phenoxy) is 1. The molecule has 2 unspecified atom stereocenters. The average Bonchev–Trinajstić information content (AvgIpc) is 3.24. The van der Waals surface area contributed by atoms with Gasteiger partial charge in [-0.3, -0.25) is 9.78 Å². The first kappa shape index (κ1) is 16.0. The van der Waals surface area contributed by atoms with E-state index in [1.807, 2.05) is 24.0 Å². The van der Waals surface area contributed by atoms with Crippen LogP contribution in [0.15, 0.2) is 36.7 Å². The van der Waals surface area contributed by atoms with Crippen LogP contribution in [0.5, 0.6) is 0 Å². The highest BCUT2D eigenvalue weighted by atomic mass is 16.5. The average molecular weight is 339 g/mol. The van der Waals surface area contributed by atoms with E-state index in [-0.39, 0.29) is 17.6 Å². The van der Waals surface area contributed by atoms with Crippen molar-refractivity contribution in [2.24, 2.45) is 0 Å². The van der Waals surface area contributed by atoms with Gasteiger partial charge in [-0.25, -0.2) is 0 Å². The number of hydrogen-bond acceptors (Lipinski definition) is 6. The van der Waals surface area contributed by atoms with E-state index < -0.39 is 0 Å². The maximum absolute atomic E-state index is 12.6. The lowest BCUT2D eigenvalue weighted by Gasteiger charge is -2.23. The van der Waals surface area contributed by atoms with Gasteiger partial charge in [-0.2, -0.15) is 5.10 Å². The van der Waals surface area contributed by atoms with Crippen LogP contribution < -0.4 is 5.32 Å². The summed E-state index contributed by atoms with van der Waals surface area (Å²) < 4.78 is 6.11. The number of carbonyl (C=O) groups excluding carboxylic acids is 1. The van der Waals surface area contributed by atoms with Crippen molar-refractivity contribution in [2.75, 3.05) is 25.0 Å². The lowest BCUT2D eigenvalue weighted by Crippen LogP contribution is -2.36. The summed E-state index contributed by atoms with van der Waals surface area (Å²) in [5, 5.41) is 11.6. The van der Waals surface area contributed by atoms with E-state index in [1.54, 1.807) is 24.5 Å². The molecule has 2 saturated heterocycles. The highest BCUT2D eigenvalue weighted by Gasteiger charge is 2.46. The molecule has 130 valence electrons. The lowest BCUT2D eigenvalue weighted by atomic mass is 9.97. The first-order chi connectivity index (χ1) is 12.1. The Morgan fingerprint density at radius 1 is 1.36 bits per heavy atom. The van der Waals surface area contributed by atoms with Crippen LogP contribution in [-0.2, 0) is 4.74 Å². The van der Waals surface area contributed by atoms with E-state index in [9.17, 15) is 4.79 Å². The van der Waals surface area contributed by atoms with Gasteiger partial charge in [0.2, 0.25) is 0 Å². The molecule has 7 heteroatoms. The van der Waals surface area contributed by atoms with Crippen molar-refractivity contribution in [3.8, 4) is 0 Å². The zero-order valence-electron chi connectivity index (χ0n) is 14.2. The minimum Gasteiger partial charge on any atom is -0.371 e. The summed E-state index contributed by atoms with van der Waals surface area (Å²) in [5.74, 6) is 0.784. The second-order valence-corrected chi connectivity index (χ2v) is 6.82. The zero-order valence-corrected chi connectivity index (χ0v) is 14.2. The first-order valence-corrected chi connectivity index (χ1v) is 8.54. The second-order valence-electron chi connectivity index (χ2n) is 6.82. The van der Waals surface area contributed by atoms with Crippen LogP contribution in [0.3, 0.4) is 0 Å². The molecule has 2 aromatic heterocycles. The fourth-order valence-electron chi connectivity index (χ4n) is 3.60. The molecule has 2 fully saturated rings. The largest absolute Gasteiger partial charge is 0.371 e. The van der Waals surface area contributed by atoms with Crippen molar-refractivity contribution < 1.29 is 9.53 Å². The van der Waals surface area contributed by atoms with Crippen LogP contribution in [0.2, 0.25) is 0 Å². The summed E-state index contributed by atoms with van der Waals surface area (Å²) in [6.45, 7) is 3.87. The van der Waals surface area contributed by atoms with Gasteiger partial charge >= 0.3 is 0 Å². The second kappa shape index (κ2) is 6.40. The van der Waals surface area contributed by atoms with Gasteiger partial charge in [-0.1, -0.05) is 0 Å². The fourth-order valence-corrected chi connectivity index (χ4v) is 3.60. The van der Waals surface area contributed by atoms with E-state index in [4.69, 9.17) is 4.74 Å². The smallest absolute Gasteiger partial charge is 0.255 e. The molecule has 1 spiro atoms. The summed E-state index contributed by atoms with van der Waals surface area (Å²) in [6.07, 6.45) is 5.01. The van der Waals surface area contributed by atoms with Crippen molar-refractivity contribution in [3.05, 3.63) is 47.9 Å². The summed E-state index contributed by atoms with van der Waals surface area (Å²) >= 11 is 0. The lowest BCUT2D eigenvalue weighted by molar-refractivity contribution is 0.0125. The van der Waals surface area contributed by atoms with Crippen LogP contribution in [0, 0.1) is 6.92 Å². The van der Waals surface area contributed by atoms with Crippen molar-refractivity contribution in [1.82, 2.24) is 20.1 Å². The van der Waals surface area contributed by atoms with Gasteiger partial charge in [0.1, 0.15) is 5.82 Å². The minimum absolute atomic E-state index is 0.0226. The third kappa shape index (κ3) is 3.32. The number of aryl methyl sites for hydroxylation is 1. The molecule has 4 rings (SSSR count). The maximum atomic E-state index is 12.6. The molecule has 2 aliphatic heterocycles. The van der Waals surface area contributed by atoms with Gasteiger partial charge in [0.05, 0.1) is 36.1 Å². The zero-order chi connectivity index (χ0) is 17.3. The molecule has 7 nitrogen and oxygen atoms in total. The Kier molecular flexibility index (Phi) is 4.09. The molecule has 1 amide bonds. The Balaban J connectivity index is 1.38. The van der Waals surface area contributed by atoms with E-state index in [1.165, 1.54) is 0 Å². The Morgan fingerprint density at radius 3 is 3.04 bits per heavy atom. The Morgan fingerprint density at radius 2 is 2.28 bits per heavy atom. The molecule has 2 aromatic rings. The van der Waals surface area contributed by atoms with Crippen LogP contribution in [0.4, 0.5) is 5.82 Å². The van der Waals surface area contributed by atoms with E-state index in [0.717, 1.165) is 24.4 Å². The predicted octanol–water partition coefficient (Wildman–Crippen LogP) is 1.67. The SMILES string of the molecule is Cc1ccc(NC2COC3(CCN(C(=O)c4cccnc4)C3)C2)nn1. The van der Waals surface area contributed by atoms with E-state index in [2.05, 4.69) is 20.5 Å². The maximum Gasteiger partial charge on any atom is 0.255 e. The van der Waals surface area contributed by atoms with Gasteiger partial charge in [0.15, 0.2) is 0 Å². The summed E-state index contributed by atoms with van der Waals surface area (Å²) in [5.41, 5.74) is 1.26. The molecule has 25 heavy (non-hydrogen) atoms. The van der Waals surface area contributed by atoms with Crippen LogP contribution >= 0.6 is 0 Å². The Hall–Kier alpha value is -2.54. The highest BCUT2D eigenvalue weighted by molar-refractivity contribution is 5.94. The number of pyridine rings is 1. The highest BCUT2D eigenvalue weighted by Crippen LogP contribution is 2.36. The number of aromatic nitrogens is 3. The summed E-state index contributed by atoms with van der Waals surface area (Å²) in [4.78, 5) is 18.5. The quantitative estimate of drug-likeness (QED) is 0.916. The molecular weight excluding hydrogens is 318 g/mol. The molecule has 0 saturated carbocycles. The number of rotatable bonds is 3. The Labute approximate surface area is 146 Å². The van der Waals surface area contributed by atoms with E-state index in [0.29, 0.717) is 25.3 Å². The normalized spacial score (nSPS) is 25.5.